The van der Waals surface area contributed by atoms with Gasteiger partial charge in [-0.3, -0.25) is 9.69 Å². The van der Waals surface area contributed by atoms with Gasteiger partial charge < -0.3 is 0 Å². The minimum Gasteiger partial charge on any atom is -0.296 e. The molecular formula is C7H12NO. The van der Waals surface area contributed by atoms with Crippen molar-refractivity contribution in [2.24, 2.45) is 0 Å². The Hall–Kier alpha value is -0.370. The molecule has 0 saturated carbocycles. The minimum atomic E-state index is 0.514. The van der Waals surface area contributed by atoms with Crippen molar-refractivity contribution >= 4 is 6.29 Å². The van der Waals surface area contributed by atoms with Crippen LogP contribution in [0.1, 0.15) is 19.3 Å². The maximum absolute atomic E-state index is 9.91. The first-order valence-corrected chi connectivity index (χ1v) is 3.51. The smallest absolute Gasteiger partial charge is 0.213 e. The van der Waals surface area contributed by atoms with E-state index >= 15 is 0 Å². The van der Waals surface area contributed by atoms with Crippen LogP contribution in [0.5, 0.6) is 0 Å². The van der Waals surface area contributed by atoms with Gasteiger partial charge in [-0.15, -0.1) is 0 Å². The molecule has 1 heterocycles. The Kier molecular flexibility index (Phi) is 2.71. The molecule has 0 spiro atoms. The SMILES string of the molecule is O=[C]CN1CCCCC1. The fourth-order valence-electron chi connectivity index (χ4n) is 1.21. The number of hydrogen-bond donors (Lipinski definition) is 0. The Morgan fingerprint density at radius 1 is 1.22 bits per heavy atom. The van der Waals surface area contributed by atoms with E-state index in [9.17, 15) is 4.79 Å². The Morgan fingerprint density at radius 2 is 1.89 bits per heavy atom. The number of rotatable bonds is 2. The number of likely N-dealkylation sites (tertiary alicyclic amines) is 1. The largest absolute Gasteiger partial charge is 0.296 e. The van der Waals surface area contributed by atoms with Gasteiger partial charge in [-0.2, -0.15) is 0 Å². The molecule has 1 saturated heterocycles. The summed E-state index contributed by atoms with van der Waals surface area (Å²) >= 11 is 0. The van der Waals surface area contributed by atoms with Crippen LogP contribution in [0.3, 0.4) is 0 Å². The number of carbonyl (C=O) groups excluding carboxylic acids is 1. The fraction of sp³-hybridized carbons (Fsp3) is 0.857. The second-order valence-corrected chi connectivity index (χ2v) is 2.48. The van der Waals surface area contributed by atoms with Gasteiger partial charge in [0, 0.05) is 0 Å². The highest BCUT2D eigenvalue weighted by Crippen LogP contribution is 2.06. The normalized spacial score (nSPS) is 21.8. The number of piperidine rings is 1. The van der Waals surface area contributed by atoms with E-state index in [4.69, 9.17) is 0 Å². The van der Waals surface area contributed by atoms with Crippen molar-refractivity contribution in [3.63, 3.8) is 0 Å². The molecule has 1 aliphatic heterocycles. The molecule has 1 aliphatic rings. The predicted molar refractivity (Wildman–Crippen MR) is 36.0 cm³/mol. The molecule has 0 unspecified atom stereocenters. The summed E-state index contributed by atoms with van der Waals surface area (Å²) in [5, 5.41) is 0. The monoisotopic (exact) mass is 126 g/mol. The van der Waals surface area contributed by atoms with Gasteiger partial charge in [0.15, 0.2) is 0 Å². The molecule has 0 aromatic carbocycles. The van der Waals surface area contributed by atoms with Crippen LogP contribution < -0.4 is 0 Å². The minimum absolute atomic E-state index is 0.514. The molecule has 2 nitrogen and oxygen atoms in total. The molecule has 0 bridgehead atoms. The van der Waals surface area contributed by atoms with Gasteiger partial charge in [0.05, 0.1) is 6.54 Å². The molecule has 1 rings (SSSR count). The summed E-state index contributed by atoms with van der Waals surface area (Å²) in [4.78, 5) is 12.1. The zero-order valence-electron chi connectivity index (χ0n) is 5.60. The van der Waals surface area contributed by atoms with Crippen LogP contribution in [0.4, 0.5) is 0 Å². The molecule has 0 N–H and O–H groups in total. The average molecular weight is 126 g/mol. The van der Waals surface area contributed by atoms with E-state index in [1.54, 1.807) is 0 Å². The van der Waals surface area contributed by atoms with Crippen LogP contribution in [0.15, 0.2) is 0 Å². The topological polar surface area (TPSA) is 20.3 Å². The van der Waals surface area contributed by atoms with Crippen molar-refractivity contribution in [1.82, 2.24) is 4.90 Å². The summed E-state index contributed by atoms with van der Waals surface area (Å²) in [7, 11) is 0. The van der Waals surface area contributed by atoms with Crippen LogP contribution in [-0.4, -0.2) is 30.8 Å². The van der Waals surface area contributed by atoms with E-state index < -0.39 is 0 Å². The molecule has 0 amide bonds. The lowest BCUT2D eigenvalue weighted by Gasteiger charge is -2.23. The molecule has 0 aliphatic carbocycles. The van der Waals surface area contributed by atoms with Crippen LogP contribution in [0.2, 0.25) is 0 Å². The summed E-state index contributed by atoms with van der Waals surface area (Å²) in [5.74, 6) is 0. The maximum Gasteiger partial charge on any atom is 0.213 e. The third-order valence-corrected chi connectivity index (χ3v) is 1.74. The Morgan fingerprint density at radius 3 is 2.44 bits per heavy atom. The molecule has 51 valence electrons. The molecule has 0 aromatic heterocycles. The van der Waals surface area contributed by atoms with Crippen molar-refractivity contribution < 1.29 is 4.79 Å². The summed E-state index contributed by atoms with van der Waals surface area (Å²) in [6.45, 7) is 2.70. The first kappa shape index (κ1) is 6.75. The summed E-state index contributed by atoms with van der Waals surface area (Å²) in [6, 6.07) is 0. The lowest BCUT2D eigenvalue weighted by molar-refractivity contribution is 0.255. The van der Waals surface area contributed by atoms with Gasteiger partial charge in [-0.05, 0) is 25.9 Å². The van der Waals surface area contributed by atoms with Gasteiger partial charge in [-0.25, -0.2) is 0 Å². The first-order chi connectivity index (χ1) is 4.43. The molecular weight excluding hydrogens is 114 g/mol. The van der Waals surface area contributed by atoms with Crippen molar-refractivity contribution in [2.45, 2.75) is 19.3 Å². The standard InChI is InChI=1S/C7H12NO/c9-7-6-8-4-2-1-3-5-8/h1-6H2. The lowest BCUT2D eigenvalue weighted by atomic mass is 10.1. The lowest BCUT2D eigenvalue weighted by Crippen LogP contribution is -2.31. The second-order valence-electron chi connectivity index (χ2n) is 2.48. The average Bonchev–Trinajstić information content (AvgIpc) is 1.91. The van der Waals surface area contributed by atoms with E-state index in [2.05, 4.69) is 4.90 Å². The molecule has 1 radical (unpaired) electrons. The van der Waals surface area contributed by atoms with Crippen LogP contribution >= 0.6 is 0 Å². The van der Waals surface area contributed by atoms with Gasteiger partial charge in [0.2, 0.25) is 6.29 Å². The second kappa shape index (κ2) is 3.62. The fourth-order valence-corrected chi connectivity index (χ4v) is 1.21. The van der Waals surface area contributed by atoms with E-state index in [-0.39, 0.29) is 0 Å². The van der Waals surface area contributed by atoms with Crippen LogP contribution in [0, 0.1) is 0 Å². The number of hydrogen-bond acceptors (Lipinski definition) is 2. The van der Waals surface area contributed by atoms with Gasteiger partial charge in [0.1, 0.15) is 0 Å². The van der Waals surface area contributed by atoms with E-state index in [1.165, 1.54) is 19.3 Å². The summed E-state index contributed by atoms with van der Waals surface area (Å²) in [5.41, 5.74) is 0. The van der Waals surface area contributed by atoms with Crippen LogP contribution in [-0.2, 0) is 4.79 Å². The quantitative estimate of drug-likeness (QED) is 0.539. The third-order valence-electron chi connectivity index (χ3n) is 1.74. The van der Waals surface area contributed by atoms with Crippen molar-refractivity contribution in [3.05, 3.63) is 0 Å². The van der Waals surface area contributed by atoms with Crippen LogP contribution in [0.25, 0.3) is 0 Å². The van der Waals surface area contributed by atoms with E-state index in [1.807, 2.05) is 6.29 Å². The third kappa shape index (κ3) is 2.14. The highest BCUT2D eigenvalue weighted by Gasteiger charge is 2.07. The predicted octanol–water partition coefficient (Wildman–Crippen LogP) is 0.582. The molecule has 0 atom stereocenters. The zero-order valence-corrected chi connectivity index (χ0v) is 5.60. The number of nitrogens with zero attached hydrogens (tertiary/aromatic N) is 1. The van der Waals surface area contributed by atoms with Crippen molar-refractivity contribution in [2.75, 3.05) is 19.6 Å². The molecule has 0 aromatic rings. The summed E-state index contributed by atoms with van der Waals surface area (Å²) in [6.07, 6.45) is 5.75. The highest BCUT2D eigenvalue weighted by molar-refractivity contribution is 5.52. The van der Waals surface area contributed by atoms with E-state index in [0.29, 0.717) is 6.54 Å². The summed E-state index contributed by atoms with van der Waals surface area (Å²) < 4.78 is 0. The highest BCUT2D eigenvalue weighted by atomic mass is 16.1. The zero-order chi connectivity index (χ0) is 6.53. The van der Waals surface area contributed by atoms with Gasteiger partial charge in [0.25, 0.3) is 0 Å². The van der Waals surface area contributed by atoms with Gasteiger partial charge >= 0.3 is 0 Å². The van der Waals surface area contributed by atoms with Crippen molar-refractivity contribution in [1.29, 1.82) is 0 Å². The van der Waals surface area contributed by atoms with Crippen molar-refractivity contribution in [3.8, 4) is 0 Å². The molecule has 9 heavy (non-hydrogen) atoms. The molecule has 1 fully saturated rings. The first-order valence-electron chi connectivity index (χ1n) is 3.51. The molecule has 2 heteroatoms. The maximum atomic E-state index is 9.91. The Bertz CT molecular complexity index is 86.9. The Balaban J connectivity index is 2.15. The van der Waals surface area contributed by atoms with E-state index in [0.717, 1.165) is 13.1 Å². The Labute approximate surface area is 55.8 Å². The van der Waals surface area contributed by atoms with Gasteiger partial charge in [-0.1, -0.05) is 6.42 Å².